The van der Waals surface area contributed by atoms with Gasteiger partial charge in [-0.15, -0.1) is 0 Å². The van der Waals surface area contributed by atoms with E-state index in [2.05, 4.69) is 10.5 Å². The van der Waals surface area contributed by atoms with Crippen LogP contribution in [-0.2, 0) is 29.3 Å². The summed E-state index contributed by atoms with van der Waals surface area (Å²) >= 11 is 0. The summed E-state index contributed by atoms with van der Waals surface area (Å²) in [6.45, 7) is 2.53. The minimum atomic E-state index is -1.12. The highest BCUT2D eigenvalue weighted by atomic mass is 19.1. The van der Waals surface area contributed by atoms with Crippen LogP contribution < -0.4 is 10.3 Å². The number of nitrogens with zero attached hydrogens (tertiary/aromatic N) is 2. The van der Waals surface area contributed by atoms with E-state index < -0.39 is 34.8 Å². The van der Waals surface area contributed by atoms with Crippen molar-refractivity contribution in [3.05, 3.63) is 101 Å². The number of imide groups is 1. The number of hydrazone groups is 1. The van der Waals surface area contributed by atoms with Crippen LogP contribution in [0.25, 0.3) is 0 Å². The molecule has 0 radical (unpaired) electrons. The molecule has 40 heavy (non-hydrogen) atoms. The zero-order chi connectivity index (χ0) is 27.6. The third-order valence-electron chi connectivity index (χ3n) is 8.61. The molecule has 3 amide bonds. The van der Waals surface area contributed by atoms with Gasteiger partial charge in [-0.05, 0) is 53.4 Å². The first-order valence-electron chi connectivity index (χ1n) is 13.3. The molecule has 3 aromatic carbocycles. The second-order valence-electron chi connectivity index (χ2n) is 10.8. The smallest absolute Gasteiger partial charge is 0.245 e. The lowest BCUT2D eigenvalue weighted by molar-refractivity contribution is -0.159. The van der Waals surface area contributed by atoms with Gasteiger partial charge in [0, 0.05) is 12.1 Å². The van der Waals surface area contributed by atoms with E-state index in [1.807, 2.05) is 48.5 Å². The minimum absolute atomic E-state index is 0.0472. The van der Waals surface area contributed by atoms with Gasteiger partial charge in [0.1, 0.15) is 5.82 Å². The van der Waals surface area contributed by atoms with Crippen LogP contribution in [0.2, 0.25) is 0 Å². The van der Waals surface area contributed by atoms with Crippen LogP contribution in [0.1, 0.15) is 41.5 Å². The molecule has 8 nitrogen and oxygen atoms in total. The van der Waals surface area contributed by atoms with Gasteiger partial charge in [0.15, 0.2) is 5.79 Å². The second-order valence-corrected chi connectivity index (χ2v) is 10.8. The quantitative estimate of drug-likeness (QED) is 0.304. The Bertz CT molecular complexity index is 1530. The average molecular weight is 540 g/mol. The molecular formula is C31H26FN3O5. The van der Waals surface area contributed by atoms with Crippen LogP contribution in [0.15, 0.2) is 77.9 Å². The summed E-state index contributed by atoms with van der Waals surface area (Å²) in [5, 5.41) is 4.40. The third kappa shape index (κ3) is 3.44. The number of ether oxygens (including phenoxy) is 2. The molecule has 2 unspecified atom stereocenters. The summed E-state index contributed by atoms with van der Waals surface area (Å²) in [7, 11) is 0. The van der Waals surface area contributed by atoms with E-state index in [-0.39, 0.29) is 24.2 Å². The first-order valence-corrected chi connectivity index (χ1v) is 13.3. The number of benzene rings is 3. The van der Waals surface area contributed by atoms with Crippen molar-refractivity contribution in [2.75, 3.05) is 18.1 Å². The number of nitrogens with one attached hydrogen (secondary N) is 1. The summed E-state index contributed by atoms with van der Waals surface area (Å²) in [5.74, 6) is -4.42. The van der Waals surface area contributed by atoms with Crippen molar-refractivity contribution < 1.29 is 28.2 Å². The average Bonchev–Trinajstić information content (AvgIpc) is 3.50. The van der Waals surface area contributed by atoms with Crippen molar-refractivity contribution >= 4 is 29.6 Å². The van der Waals surface area contributed by atoms with Gasteiger partial charge in [0.2, 0.25) is 17.7 Å². The maximum Gasteiger partial charge on any atom is 0.245 e. The number of hydrogen-bond acceptors (Lipinski definition) is 6. The summed E-state index contributed by atoms with van der Waals surface area (Å²) in [6, 6.07) is 20.9. The minimum Gasteiger partial charge on any atom is -0.347 e. The van der Waals surface area contributed by atoms with Crippen molar-refractivity contribution in [1.82, 2.24) is 5.43 Å². The lowest BCUT2D eigenvalue weighted by Gasteiger charge is -2.52. The Balaban J connectivity index is 1.35. The molecule has 5 aliphatic rings. The Morgan fingerprint density at radius 3 is 2.20 bits per heavy atom. The van der Waals surface area contributed by atoms with Gasteiger partial charge in [-0.25, -0.2) is 14.7 Å². The molecule has 8 rings (SSSR count). The Labute approximate surface area is 229 Å². The van der Waals surface area contributed by atoms with Crippen LogP contribution in [0, 0.1) is 17.7 Å². The van der Waals surface area contributed by atoms with E-state index in [0.29, 0.717) is 18.9 Å². The van der Waals surface area contributed by atoms with Gasteiger partial charge in [-0.3, -0.25) is 14.4 Å². The molecule has 2 fully saturated rings. The highest BCUT2D eigenvalue weighted by Crippen LogP contribution is 2.63. The lowest BCUT2D eigenvalue weighted by Crippen LogP contribution is -2.54. The summed E-state index contributed by atoms with van der Waals surface area (Å²) < 4.78 is 24.8. The van der Waals surface area contributed by atoms with Gasteiger partial charge in [0.25, 0.3) is 0 Å². The zero-order valence-corrected chi connectivity index (χ0v) is 21.7. The van der Waals surface area contributed by atoms with Crippen LogP contribution >= 0.6 is 0 Å². The molecule has 3 aliphatic carbocycles. The first kappa shape index (κ1) is 24.8. The zero-order valence-electron chi connectivity index (χ0n) is 21.7. The molecule has 9 heteroatoms. The third-order valence-corrected chi connectivity index (χ3v) is 8.61. The van der Waals surface area contributed by atoms with Crippen molar-refractivity contribution in [3.63, 3.8) is 0 Å². The van der Waals surface area contributed by atoms with Gasteiger partial charge >= 0.3 is 0 Å². The van der Waals surface area contributed by atoms with Crippen molar-refractivity contribution in [1.29, 1.82) is 0 Å². The van der Waals surface area contributed by atoms with E-state index >= 15 is 0 Å². The Morgan fingerprint density at radius 1 is 0.975 bits per heavy atom. The second kappa shape index (κ2) is 8.90. The molecule has 2 heterocycles. The number of amides is 3. The lowest BCUT2D eigenvalue weighted by atomic mass is 9.47. The van der Waals surface area contributed by atoms with Crippen molar-refractivity contribution in [2.45, 2.75) is 30.5 Å². The number of rotatable bonds is 5. The largest absolute Gasteiger partial charge is 0.347 e. The van der Waals surface area contributed by atoms with Gasteiger partial charge in [-0.1, -0.05) is 48.5 Å². The highest BCUT2D eigenvalue weighted by Gasteiger charge is 2.68. The summed E-state index contributed by atoms with van der Waals surface area (Å²) in [4.78, 5) is 42.3. The van der Waals surface area contributed by atoms with E-state index in [4.69, 9.17) is 9.47 Å². The summed E-state index contributed by atoms with van der Waals surface area (Å²) in [6.07, 6.45) is 1.56. The van der Waals surface area contributed by atoms with Crippen LogP contribution in [0.3, 0.4) is 0 Å². The van der Waals surface area contributed by atoms with E-state index in [9.17, 15) is 18.8 Å². The SMILES string of the molecule is CC1(CC(=O)N/N=C/C23c4ccccc4C(c4ccccc42)C2C(=O)N(c4ccc(F)cc4)C(=O)C23)OCCO1. The van der Waals surface area contributed by atoms with Crippen LogP contribution in [-0.4, -0.2) is 42.9 Å². The molecular weight excluding hydrogens is 513 g/mol. The molecule has 2 aliphatic heterocycles. The number of carbonyl (C=O) groups is 3. The molecule has 1 N–H and O–H groups in total. The fourth-order valence-electron chi connectivity index (χ4n) is 7.09. The van der Waals surface area contributed by atoms with E-state index in [0.717, 1.165) is 22.3 Å². The molecule has 2 saturated heterocycles. The Hall–Kier alpha value is -4.21. The van der Waals surface area contributed by atoms with E-state index in [1.165, 1.54) is 29.2 Å². The molecule has 3 aromatic rings. The van der Waals surface area contributed by atoms with Crippen LogP contribution in [0.4, 0.5) is 10.1 Å². The van der Waals surface area contributed by atoms with Crippen LogP contribution in [0.5, 0.6) is 0 Å². The first-order chi connectivity index (χ1) is 19.3. The predicted octanol–water partition coefficient (Wildman–Crippen LogP) is 3.63. The maximum atomic E-state index is 14.2. The van der Waals surface area contributed by atoms with Gasteiger partial charge in [0.05, 0.1) is 42.6 Å². The topological polar surface area (TPSA) is 97.3 Å². The van der Waals surface area contributed by atoms with Gasteiger partial charge < -0.3 is 9.47 Å². The number of anilines is 1. The van der Waals surface area contributed by atoms with Gasteiger partial charge in [-0.2, -0.15) is 5.10 Å². The molecule has 2 bridgehead atoms. The van der Waals surface area contributed by atoms with Crippen molar-refractivity contribution in [3.8, 4) is 0 Å². The van der Waals surface area contributed by atoms with Crippen molar-refractivity contribution in [2.24, 2.45) is 16.9 Å². The fraction of sp³-hybridized carbons (Fsp3) is 0.290. The fourth-order valence-corrected chi connectivity index (χ4v) is 7.09. The number of hydrogen-bond donors (Lipinski definition) is 1. The highest BCUT2D eigenvalue weighted by molar-refractivity contribution is 6.25. The number of halogens is 1. The maximum absolute atomic E-state index is 14.2. The standard InChI is InChI=1S/C31H26FN3O5/c1-30(39-14-15-40-30)16-24(36)34-33-17-31-22-8-4-2-6-20(22)25(21-7-3-5-9-23(21)31)26-27(31)29(38)35(28(26)37)19-12-10-18(32)11-13-19/h2-13,17,25-27H,14-16H2,1H3,(H,34,36)/b33-17+. The molecule has 202 valence electrons. The molecule has 0 saturated carbocycles. The predicted molar refractivity (Wildman–Crippen MR) is 143 cm³/mol. The molecule has 2 atom stereocenters. The normalized spacial score (nSPS) is 27.6. The number of carbonyl (C=O) groups excluding carboxylic acids is 3. The van der Waals surface area contributed by atoms with E-state index in [1.54, 1.807) is 13.1 Å². The Kier molecular flexibility index (Phi) is 5.52. The monoisotopic (exact) mass is 539 g/mol. The molecule has 0 aromatic heterocycles. The summed E-state index contributed by atoms with van der Waals surface area (Å²) in [5.41, 5.74) is 5.43. The molecule has 0 spiro atoms. The Morgan fingerprint density at radius 2 is 1.57 bits per heavy atom.